The van der Waals surface area contributed by atoms with Crippen molar-refractivity contribution in [3.05, 3.63) is 0 Å². The van der Waals surface area contributed by atoms with E-state index < -0.39 is 61.3 Å². The van der Waals surface area contributed by atoms with Gasteiger partial charge in [0.1, 0.15) is 0 Å². The van der Waals surface area contributed by atoms with E-state index in [1.165, 1.54) is 0 Å². The minimum atomic E-state index is -5.06. The summed E-state index contributed by atoms with van der Waals surface area (Å²) in [4.78, 5) is 9.98. The molecule has 2 nitrogen and oxygen atoms in total. The van der Waals surface area contributed by atoms with E-state index >= 15 is 0 Å². The van der Waals surface area contributed by atoms with E-state index in [4.69, 9.17) is 5.11 Å². The van der Waals surface area contributed by atoms with Gasteiger partial charge in [-0.05, 0) is 6.92 Å². The van der Waals surface area contributed by atoms with Crippen molar-refractivity contribution >= 4 is 5.97 Å². The molecule has 0 saturated carbocycles. The summed E-state index contributed by atoms with van der Waals surface area (Å²) >= 11 is 0. The number of hydrogen-bond donors (Lipinski definition) is 1. The first-order valence-electron chi connectivity index (χ1n) is 5.90. The lowest BCUT2D eigenvalue weighted by Crippen LogP contribution is -2.41. The normalized spacial score (nSPS) is 14.9. The second-order valence-electron chi connectivity index (χ2n) is 5.35. The van der Waals surface area contributed by atoms with Crippen LogP contribution < -0.4 is 0 Å². The topological polar surface area (TPSA) is 37.3 Å². The minimum Gasteiger partial charge on any atom is -0.477 e. The van der Waals surface area contributed by atoms with Crippen LogP contribution in [0.15, 0.2) is 0 Å². The molecule has 0 heterocycles. The molecule has 0 aromatic rings. The number of aliphatic carboxylic acids is 1. The fourth-order valence-corrected chi connectivity index (χ4v) is 1.80. The fraction of sp³-hybridized carbons (Fsp3) is 0.909. The highest BCUT2D eigenvalue weighted by molar-refractivity contribution is 5.75. The number of carbonyl (C=O) groups is 1. The van der Waals surface area contributed by atoms with Gasteiger partial charge >= 0.3 is 11.9 Å². The van der Waals surface area contributed by atoms with Crippen LogP contribution in [0.3, 0.4) is 0 Å². The van der Waals surface area contributed by atoms with Gasteiger partial charge in [0, 0.05) is 0 Å². The predicted octanol–water partition coefficient (Wildman–Crippen LogP) is 4.83. The van der Waals surface area contributed by atoms with E-state index in [9.17, 15) is 48.7 Å². The predicted molar refractivity (Wildman–Crippen MR) is 56.5 cm³/mol. The van der Waals surface area contributed by atoms with Crippen molar-refractivity contribution in [1.29, 1.82) is 0 Å². The third-order valence-corrected chi connectivity index (χ3v) is 2.40. The van der Waals surface area contributed by atoms with Gasteiger partial charge in [-0.2, -0.15) is 8.78 Å². The molecule has 0 aromatic heterocycles. The summed E-state index contributed by atoms with van der Waals surface area (Å²) in [6.07, 6.45) is -10.7. The maximum Gasteiger partial charge on any atom is 0.374 e. The van der Waals surface area contributed by atoms with Crippen LogP contribution in [0.4, 0.5) is 43.9 Å². The molecule has 0 saturated heterocycles. The molecule has 12 heteroatoms. The number of halogens is 10. The first-order valence-corrected chi connectivity index (χ1v) is 5.90. The molecule has 0 fully saturated rings. The minimum absolute atomic E-state index is 0.00106. The van der Waals surface area contributed by atoms with Crippen molar-refractivity contribution in [1.82, 2.24) is 0 Å². The maximum absolute atomic E-state index is 13.2. The van der Waals surface area contributed by atoms with Crippen molar-refractivity contribution in [2.24, 2.45) is 0 Å². The monoisotopic (exact) mass is 366 g/mol. The van der Waals surface area contributed by atoms with Crippen LogP contribution in [-0.4, -0.2) is 40.7 Å². The Morgan fingerprint density at radius 2 is 1.00 bits per heavy atom. The van der Waals surface area contributed by atoms with Crippen molar-refractivity contribution in [3.63, 3.8) is 0 Å². The van der Waals surface area contributed by atoms with E-state index in [1.807, 2.05) is 0 Å². The Bertz CT molecular complexity index is 427. The van der Waals surface area contributed by atoms with Crippen molar-refractivity contribution in [3.8, 4) is 0 Å². The molecule has 0 aliphatic rings. The quantitative estimate of drug-likeness (QED) is 0.594. The number of carboxylic acids is 1. The SMILES string of the molecule is CC(F)(F)CC(F)(F)CC(F)(F)CC(F)(F)CC(F)(F)C(=O)O. The molecular weight excluding hydrogens is 354 g/mol. The van der Waals surface area contributed by atoms with Crippen LogP contribution in [0.25, 0.3) is 0 Å². The average Bonchev–Trinajstić information content (AvgIpc) is 2.04. The summed E-state index contributed by atoms with van der Waals surface area (Å²) in [5.74, 6) is -26.8. The molecule has 0 aliphatic carbocycles. The van der Waals surface area contributed by atoms with Gasteiger partial charge in [-0.25, -0.2) is 39.9 Å². The summed E-state index contributed by atoms with van der Waals surface area (Å²) in [5.41, 5.74) is 0. The van der Waals surface area contributed by atoms with Crippen LogP contribution in [0, 0.1) is 0 Å². The van der Waals surface area contributed by atoms with Gasteiger partial charge in [-0.3, -0.25) is 0 Å². The summed E-state index contributed by atoms with van der Waals surface area (Å²) in [6.45, 7) is 0.00106. The van der Waals surface area contributed by atoms with E-state index in [-0.39, 0.29) is 6.92 Å². The van der Waals surface area contributed by atoms with E-state index in [0.717, 1.165) is 0 Å². The number of rotatable bonds is 9. The lowest BCUT2D eigenvalue weighted by Gasteiger charge is -2.28. The van der Waals surface area contributed by atoms with Crippen LogP contribution in [-0.2, 0) is 4.79 Å². The zero-order valence-corrected chi connectivity index (χ0v) is 11.5. The van der Waals surface area contributed by atoms with Crippen molar-refractivity contribution in [2.45, 2.75) is 62.2 Å². The lowest BCUT2D eigenvalue weighted by molar-refractivity contribution is -0.200. The van der Waals surface area contributed by atoms with Crippen molar-refractivity contribution < 1.29 is 53.8 Å². The highest BCUT2D eigenvalue weighted by atomic mass is 19.3. The molecule has 0 unspecified atom stereocenters. The highest BCUT2D eigenvalue weighted by Crippen LogP contribution is 2.44. The number of alkyl halides is 10. The number of hydrogen-bond acceptors (Lipinski definition) is 1. The van der Waals surface area contributed by atoms with Gasteiger partial charge in [0.2, 0.25) is 0 Å². The molecule has 0 atom stereocenters. The number of carboxylic acid groups (broad SMARTS) is 1. The Kier molecular flexibility index (Phi) is 6.01. The molecule has 0 bridgehead atoms. The van der Waals surface area contributed by atoms with Crippen LogP contribution in [0.2, 0.25) is 0 Å². The molecule has 1 N–H and O–H groups in total. The van der Waals surface area contributed by atoms with E-state index in [0.29, 0.717) is 0 Å². The van der Waals surface area contributed by atoms with E-state index in [1.54, 1.807) is 0 Å². The van der Waals surface area contributed by atoms with Crippen LogP contribution >= 0.6 is 0 Å². The molecule has 0 aliphatic heterocycles. The van der Waals surface area contributed by atoms with Gasteiger partial charge in [0.25, 0.3) is 23.7 Å². The Morgan fingerprint density at radius 3 is 1.30 bits per heavy atom. The van der Waals surface area contributed by atoms with Gasteiger partial charge < -0.3 is 5.11 Å². The third kappa shape index (κ3) is 8.84. The highest BCUT2D eigenvalue weighted by Gasteiger charge is 2.56. The Labute approximate surface area is 123 Å². The first-order chi connectivity index (χ1) is 9.77. The first kappa shape index (κ1) is 21.8. The zero-order valence-electron chi connectivity index (χ0n) is 11.5. The van der Waals surface area contributed by atoms with Gasteiger partial charge in [0.15, 0.2) is 0 Å². The van der Waals surface area contributed by atoms with Gasteiger partial charge in [0.05, 0.1) is 25.7 Å². The lowest BCUT2D eigenvalue weighted by atomic mass is 9.96. The molecule has 0 amide bonds. The fourth-order valence-electron chi connectivity index (χ4n) is 1.80. The standard InChI is InChI=1S/C11H12F10O2/c1-7(12,13)2-8(14,15)3-9(16,17)4-10(18,19)5-11(20,21)6(22)23/h2-5H2,1H3,(H,22,23). The second-order valence-corrected chi connectivity index (χ2v) is 5.35. The average molecular weight is 366 g/mol. The Morgan fingerprint density at radius 1 is 0.696 bits per heavy atom. The molecule has 0 spiro atoms. The molecular formula is C11H12F10O2. The van der Waals surface area contributed by atoms with Crippen LogP contribution in [0.5, 0.6) is 0 Å². The summed E-state index contributed by atoms with van der Waals surface area (Å²) < 4.78 is 129. The Balaban J connectivity index is 5.00. The second kappa shape index (κ2) is 6.34. The Hall–Kier alpha value is -1.23. The summed E-state index contributed by atoms with van der Waals surface area (Å²) in [6, 6.07) is 0. The zero-order chi connectivity index (χ0) is 18.9. The molecule has 23 heavy (non-hydrogen) atoms. The molecule has 0 aromatic carbocycles. The van der Waals surface area contributed by atoms with E-state index in [2.05, 4.69) is 0 Å². The molecule has 0 radical (unpaired) electrons. The van der Waals surface area contributed by atoms with Crippen molar-refractivity contribution in [2.75, 3.05) is 0 Å². The third-order valence-electron chi connectivity index (χ3n) is 2.40. The summed E-state index contributed by atoms with van der Waals surface area (Å²) in [5, 5.41) is 7.94. The largest absolute Gasteiger partial charge is 0.477 e. The van der Waals surface area contributed by atoms with Gasteiger partial charge in [-0.1, -0.05) is 0 Å². The summed E-state index contributed by atoms with van der Waals surface area (Å²) in [7, 11) is 0. The maximum atomic E-state index is 13.2. The smallest absolute Gasteiger partial charge is 0.374 e. The van der Waals surface area contributed by atoms with Crippen LogP contribution in [0.1, 0.15) is 32.6 Å². The molecule has 0 rings (SSSR count). The molecule has 138 valence electrons. The van der Waals surface area contributed by atoms with Gasteiger partial charge in [-0.15, -0.1) is 0 Å².